The van der Waals surface area contributed by atoms with Gasteiger partial charge in [-0.2, -0.15) is 0 Å². The zero-order valence-electron chi connectivity index (χ0n) is 15.6. The van der Waals surface area contributed by atoms with Crippen molar-refractivity contribution in [2.24, 2.45) is 0 Å². The van der Waals surface area contributed by atoms with Gasteiger partial charge >= 0.3 is 0 Å². The van der Waals surface area contributed by atoms with Crippen LogP contribution in [0.25, 0.3) is 11.6 Å². The molecule has 0 radical (unpaired) electrons. The Morgan fingerprint density at radius 2 is 1.48 bits per heavy atom. The number of hydrogen-bond donors (Lipinski definition) is 1. The van der Waals surface area contributed by atoms with Gasteiger partial charge in [0.2, 0.25) is 0 Å². The molecule has 3 heteroatoms. The van der Waals surface area contributed by atoms with E-state index in [9.17, 15) is 4.79 Å². The van der Waals surface area contributed by atoms with E-state index in [4.69, 9.17) is 4.74 Å². The minimum absolute atomic E-state index is 0.122. The van der Waals surface area contributed by atoms with Gasteiger partial charge in [0, 0.05) is 11.1 Å². The average Bonchev–Trinajstić information content (AvgIpc) is 2.73. The number of para-hydroxylation sites is 1. The summed E-state index contributed by atoms with van der Waals surface area (Å²) in [5, 5.41) is 3.10. The SMILES string of the molecule is COc1ccccc1C(C)NC(=O)/C(=C/c1ccccc1)c1ccccc1. The fourth-order valence-electron chi connectivity index (χ4n) is 2.99. The molecule has 136 valence electrons. The molecule has 0 fully saturated rings. The summed E-state index contributed by atoms with van der Waals surface area (Å²) >= 11 is 0. The molecule has 27 heavy (non-hydrogen) atoms. The van der Waals surface area contributed by atoms with Gasteiger partial charge in [0.25, 0.3) is 5.91 Å². The summed E-state index contributed by atoms with van der Waals surface area (Å²) in [6.45, 7) is 1.96. The zero-order valence-corrected chi connectivity index (χ0v) is 15.6. The maximum Gasteiger partial charge on any atom is 0.252 e. The molecule has 3 nitrogen and oxygen atoms in total. The standard InChI is InChI=1S/C24H23NO2/c1-18(21-15-9-10-16-23(21)27-2)25-24(26)22(20-13-7-4-8-14-20)17-19-11-5-3-6-12-19/h3-18H,1-2H3,(H,25,26)/b22-17+. The number of amides is 1. The van der Waals surface area contributed by atoms with Gasteiger partial charge < -0.3 is 10.1 Å². The minimum Gasteiger partial charge on any atom is -0.496 e. The van der Waals surface area contributed by atoms with Gasteiger partial charge in [-0.25, -0.2) is 0 Å². The number of methoxy groups -OCH3 is 1. The van der Waals surface area contributed by atoms with E-state index in [1.54, 1.807) is 7.11 Å². The third-order valence-corrected chi connectivity index (χ3v) is 4.39. The third kappa shape index (κ3) is 4.64. The van der Waals surface area contributed by atoms with Crippen LogP contribution >= 0.6 is 0 Å². The molecule has 3 aromatic rings. The van der Waals surface area contributed by atoms with Crippen LogP contribution in [0.5, 0.6) is 5.75 Å². The monoisotopic (exact) mass is 357 g/mol. The number of rotatable bonds is 6. The van der Waals surface area contributed by atoms with Crippen molar-refractivity contribution in [3.05, 3.63) is 102 Å². The smallest absolute Gasteiger partial charge is 0.252 e. The summed E-state index contributed by atoms with van der Waals surface area (Å²) < 4.78 is 5.42. The van der Waals surface area contributed by atoms with E-state index in [0.717, 1.165) is 22.4 Å². The van der Waals surface area contributed by atoms with Gasteiger partial charge in [0.1, 0.15) is 5.75 Å². The number of benzene rings is 3. The molecule has 0 saturated heterocycles. The van der Waals surface area contributed by atoms with Gasteiger partial charge in [-0.3, -0.25) is 4.79 Å². The van der Waals surface area contributed by atoms with Crippen molar-refractivity contribution in [3.63, 3.8) is 0 Å². The molecule has 3 rings (SSSR count). The van der Waals surface area contributed by atoms with Crippen LogP contribution < -0.4 is 10.1 Å². The summed E-state index contributed by atoms with van der Waals surface area (Å²) in [7, 11) is 1.64. The highest BCUT2D eigenvalue weighted by Crippen LogP contribution is 2.26. The Morgan fingerprint density at radius 3 is 2.15 bits per heavy atom. The van der Waals surface area contributed by atoms with E-state index in [0.29, 0.717) is 5.57 Å². The van der Waals surface area contributed by atoms with Crippen LogP contribution in [-0.4, -0.2) is 13.0 Å². The van der Waals surface area contributed by atoms with E-state index >= 15 is 0 Å². The summed E-state index contributed by atoms with van der Waals surface area (Å²) in [6, 6.07) is 27.1. The van der Waals surface area contributed by atoms with Crippen molar-refractivity contribution < 1.29 is 9.53 Å². The fraction of sp³-hybridized carbons (Fsp3) is 0.125. The molecule has 0 bridgehead atoms. The minimum atomic E-state index is -0.184. The van der Waals surface area contributed by atoms with E-state index in [1.165, 1.54) is 0 Å². The Balaban J connectivity index is 1.91. The number of nitrogens with one attached hydrogen (secondary N) is 1. The second kappa shape index (κ2) is 8.86. The van der Waals surface area contributed by atoms with Crippen LogP contribution in [-0.2, 0) is 4.79 Å². The Bertz CT molecular complexity index is 917. The molecule has 0 aliphatic rings. The van der Waals surface area contributed by atoms with Crippen molar-refractivity contribution in [2.75, 3.05) is 7.11 Å². The molecule has 0 heterocycles. The van der Waals surface area contributed by atoms with Crippen molar-refractivity contribution >= 4 is 17.6 Å². The van der Waals surface area contributed by atoms with Crippen LogP contribution in [0, 0.1) is 0 Å². The van der Waals surface area contributed by atoms with Crippen LogP contribution in [0.3, 0.4) is 0 Å². The lowest BCUT2D eigenvalue weighted by atomic mass is 10.0. The van der Waals surface area contributed by atoms with Crippen LogP contribution in [0.15, 0.2) is 84.9 Å². The van der Waals surface area contributed by atoms with Crippen molar-refractivity contribution in [1.29, 1.82) is 0 Å². The van der Waals surface area contributed by atoms with E-state index in [2.05, 4.69) is 5.32 Å². The Labute approximate surface area is 160 Å². The normalized spacial score (nSPS) is 12.3. The number of hydrogen-bond acceptors (Lipinski definition) is 2. The quantitative estimate of drug-likeness (QED) is 0.491. The zero-order chi connectivity index (χ0) is 19.1. The van der Waals surface area contributed by atoms with Gasteiger partial charge in [-0.05, 0) is 30.2 Å². The Hall–Kier alpha value is -3.33. The molecule has 1 amide bonds. The predicted molar refractivity (Wildman–Crippen MR) is 110 cm³/mol. The van der Waals surface area contributed by atoms with E-state index < -0.39 is 0 Å². The first-order valence-electron chi connectivity index (χ1n) is 8.95. The highest BCUT2D eigenvalue weighted by Gasteiger charge is 2.17. The fourth-order valence-corrected chi connectivity index (χ4v) is 2.99. The number of ether oxygens (including phenoxy) is 1. The molecule has 0 aliphatic heterocycles. The highest BCUT2D eigenvalue weighted by molar-refractivity contribution is 6.24. The molecule has 1 atom stereocenters. The van der Waals surface area contributed by atoms with Crippen LogP contribution in [0.2, 0.25) is 0 Å². The summed E-state index contributed by atoms with van der Waals surface area (Å²) in [6.07, 6.45) is 1.92. The van der Waals surface area contributed by atoms with Crippen LogP contribution in [0.1, 0.15) is 29.7 Å². The first-order chi connectivity index (χ1) is 13.2. The molecule has 3 aromatic carbocycles. The molecule has 0 saturated carbocycles. The van der Waals surface area contributed by atoms with E-state index in [-0.39, 0.29) is 11.9 Å². The molecular formula is C24H23NO2. The summed E-state index contributed by atoms with van der Waals surface area (Å²) in [5.41, 5.74) is 3.44. The van der Waals surface area contributed by atoms with E-state index in [1.807, 2.05) is 97.9 Å². The maximum absolute atomic E-state index is 13.1. The average molecular weight is 357 g/mol. The van der Waals surface area contributed by atoms with Gasteiger partial charge in [0.05, 0.1) is 13.2 Å². The lowest BCUT2D eigenvalue weighted by Gasteiger charge is -2.18. The van der Waals surface area contributed by atoms with Crippen LogP contribution in [0.4, 0.5) is 0 Å². The molecule has 0 spiro atoms. The first kappa shape index (κ1) is 18.5. The lowest BCUT2D eigenvalue weighted by Crippen LogP contribution is -2.27. The topological polar surface area (TPSA) is 38.3 Å². The van der Waals surface area contributed by atoms with Gasteiger partial charge in [-0.15, -0.1) is 0 Å². The highest BCUT2D eigenvalue weighted by atomic mass is 16.5. The van der Waals surface area contributed by atoms with Crippen molar-refractivity contribution in [2.45, 2.75) is 13.0 Å². The second-order valence-electron chi connectivity index (χ2n) is 6.27. The number of carbonyl (C=O) groups is 1. The lowest BCUT2D eigenvalue weighted by molar-refractivity contribution is -0.116. The molecular weight excluding hydrogens is 334 g/mol. The summed E-state index contributed by atoms with van der Waals surface area (Å²) in [4.78, 5) is 13.1. The third-order valence-electron chi connectivity index (χ3n) is 4.39. The van der Waals surface area contributed by atoms with Gasteiger partial charge in [0.15, 0.2) is 0 Å². The van der Waals surface area contributed by atoms with Gasteiger partial charge in [-0.1, -0.05) is 78.9 Å². The Kier molecular flexibility index (Phi) is 6.06. The van der Waals surface area contributed by atoms with Crippen molar-refractivity contribution in [3.8, 4) is 5.75 Å². The maximum atomic E-state index is 13.1. The summed E-state index contributed by atoms with van der Waals surface area (Å²) in [5.74, 6) is 0.641. The Morgan fingerprint density at radius 1 is 0.889 bits per heavy atom. The second-order valence-corrected chi connectivity index (χ2v) is 6.27. The largest absolute Gasteiger partial charge is 0.496 e. The molecule has 1 unspecified atom stereocenters. The van der Waals surface area contributed by atoms with Crippen molar-refractivity contribution in [1.82, 2.24) is 5.32 Å². The number of carbonyl (C=O) groups excluding carboxylic acids is 1. The molecule has 0 aromatic heterocycles. The molecule has 1 N–H and O–H groups in total. The first-order valence-corrected chi connectivity index (χ1v) is 8.95. The molecule has 0 aliphatic carbocycles. The predicted octanol–water partition coefficient (Wildman–Crippen LogP) is 5.11.